The standard InChI is InChI=1S/C21H26N4O2S3/c1-10(2)6-13-12-8-27-21(3,4)7-11(12)15-16-17(30-18(15)23-13)19(29-9-14(22)26)25-20(24-16)28-5/h10H,6-9H2,1-5H3,(H2,22,26). The zero-order chi connectivity index (χ0) is 21.6. The van der Waals surface area contributed by atoms with Crippen molar-refractivity contribution in [3.05, 3.63) is 16.8 Å². The molecule has 0 fully saturated rings. The van der Waals surface area contributed by atoms with E-state index in [0.717, 1.165) is 44.0 Å². The molecule has 0 bridgehead atoms. The van der Waals surface area contributed by atoms with Gasteiger partial charge in [-0.2, -0.15) is 0 Å². The predicted octanol–water partition coefficient (Wildman–Crippen LogP) is 4.59. The second-order valence-corrected chi connectivity index (χ2v) is 11.3. The fourth-order valence-corrected chi connectivity index (χ4v) is 6.21. The van der Waals surface area contributed by atoms with Gasteiger partial charge in [0.1, 0.15) is 9.86 Å². The first-order valence-electron chi connectivity index (χ1n) is 9.92. The van der Waals surface area contributed by atoms with Gasteiger partial charge in [-0.15, -0.1) is 11.3 Å². The number of thioether (sulfide) groups is 2. The molecule has 0 radical (unpaired) electrons. The van der Waals surface area contributed by atoms with E-state index in [0.29, 0.717) is 17.7 Å². The molecule has 0 aliphatic carbocycles. The highest BCUT2D eigenvalue weighted by Gasteiger charge is 2.32. The lowest BCUT2D eigenvalue weighted by molar-refractivity contribution is -0.115. The number of thiophene rings is 1. The largest absolute Gasteiger partial charge is 0.370 e. The SMILES string of the molecule is CSc1nc(SCC(N)=O)c2sc3nc(CC(C)C)c4c(c3c2n1)CC(C)(C)OC4. The number of nitrogens with zero attached hydrogens (tertiary/aromatic N) is 3. The first kappa shape index (κ1) is 21.8. The average molecular weight is 463 g/mol. The number of hydrogen-bond acceptors (Lipinski definition) is 8. The maximum atomic E-state index is 11.4. The minimum atomic E-state index is -0.354. The summed E-state index contributed by atoms with van der Waals surface area (Å²) in [6, 6.07) is 0. The number of ether oxygens (including phenoxy) is 1. The Hall–Kier alpha value is -1.42. The highest BCUT2D eigenvalue weighted by atomic mass is 32.2. The molecule has 3 aromatic rings. The van der Waals surface area contributed by atoms with Gasteiger partial charge in [-0.3, -0.25) is 4.79 Å². The van der Waals surface area contributed by atoms with Gasteiger partial charge >= 0.3 is 0 Å². The number of nitrogens with two attached hydrogens (primary N) is 1. The van der Waals surface area contributed by atoms with E-state index in [9.17, 15) is 4.79 Å². The Morgan fingerprint density at radius 1 is 1.27 bits per heavy atom. The Bertz CT molecular complexity index is 1140. The highest BCUT2D eigenvalue weighted by molar-refractivity contribution is 8.00. The van der Waals surface area contributed by atoms with Gasteiger partial charge < -0.3 is 10.5 Å². The summed E-state index contributed by atoms with van der Waals surface area (Å²) in [4.78, 5) is 27.0. The van der Waals surface area contributed by atoms with Crippen molar-refractivity contribution in [3.8, 4) is 0 Å². The van der Waals surface area contributed by atoms with Crippen LogP contribution >= 0.6 is 34.9 Å². The summed E-state index contributed by atoms with van der Waals surface area (Å²) in [5.41, 5.74) is 9.72. The minimum Gasteiger partial charge on any atom is -0.370 e. The lowest BCUT2D eigenvalue weighted by atomic mass is 9.88. The monoisotopic (exact) mass is 462 g/mol. The smallest absolute Gasteiger partial charge is 0.227 e. The number of primary amides is 1. The molecule has 6 nitrogen and oxygen atoms in total. The van der Waals surface area contributed by atoms with Crippen LogP contribution in [0.2, 0.25) is 0 Å². The summed E-state index contributed by atoms with van der Waals surface area (Å²) in [7, 11) is 0. The van der Waals surface area contributed by atoms with Crippen LogP contribution in [0.3, 0.4) is 0 Å². The van der Waals surface area contributed by atoms with Crippen LogP contribution in [-0.4, -0.2) is 38.5 Å². The molecule has 0 atom stereocenters. The molecule has 0 saturated heterocycles. The van der Waals surface area contributed by atoms with Crippen LogP contribution in [0.5, 0.6) is 0 Å². The lowest BCUT2D eigenvalue weighted by Gasteiger charge is -2.33. The molecule has 9 heteroatoms. The van der Waals surface area contributed by atoms with Gasteiger partial charge in [0.2, 0.25) is 5.91 Å². The first-order chi connectivity index (χ1) is 14.2. The number of amides is 1. The van der Waals surface area contributed by atoms with Gasteiger partial charge in [0, 0.05) is 23.1 Å². The van der Waals surface area contributed by atoms with E-state index in [2.05, 4.69) is 32.7 Å². The number of pyridine rings is 1. The lowest BCUT2D eigenvalue weighted by Crippen LogP contribution is -2.33. The number of fused-ring (bicyclic) bond motifs is 5. The molecule has 0 unspecified atom stereocenters. The second kappa shape index (κ2) is 8.26. The number of carbonyl (C=O) groups is 1. The van der Waals surface area contributed by atoms with Crippen LogP contribution in [0.25, 0.3) is 20.4 Å². The molecule has 2 N–H and O–H groups in total. The normalized spacial score (nSPS) is 15.8. The fraction of sp³-hybridized carbons (Fsp3) is 0.524. The quantitative estimate of drug-likeness (QED) is 0.325. The third-order valence-corrected chi connectivity index (χ3v) is 7.81. The summed E-state index contributed by atoms with van der Waals surface area (Å²) >= 11 is 4.49. The molecule has 1 aliphatic rings. The first-order valence-corrected chi connectivity index (χ1v) is 12.9. The van der Waals surface area contributed by atoms with Crippen molar-refractivity contribution >= 4 is 61.2 Å². The van der Waals surface area contributed by atoms with Gasteiger partial charge in [0.05, 0.1) is 28.2 Å². The molecule has 3 aromatic heterocycles. The number of hydrogen-bond donors (Lipinski definition) is 1. The molecule has 1 amide bonds. The van der Waals surface area contributed by atoms with E-state index in [1.807, 2.05) is 6.26 Å². The molecule has 0 aromatic carbocycles. The highest BCUT2D eigenvalue weighted by Crippen LogP contribution is 2.43. The maximum Gasteiger partial charge on any atom is 0.227 e. The van der Waals surface area contributed by atoms with Gasteiger partial charge in [0.15, 0.2) is 5.16 Å². The number of carbonyl (C=O) groups excluding carboxylic acids is 1. The number of aromatic nitrogens is 3. The molecular formula is C21H26N4O2S3. The van der Waals surface area contributed by atoms with Gasteiger partial charge in [-0.05, 0) is 38.0 Å². The van der Waals surface area contributed by atoms with Crippen molar-refractivity contribution in [1.29, 1.82) is 0 Å². The molecule has 160 valence electrons. The third-order valence-electron chi connectivity index (χ3n) is 5.06. The van der Waals surface area contributed by atoms with Crippen LogP contribution in [0.4, 0.5) is 0 Å². The van der Waals surface area contributed by atoms with Crippen molar-refractivity contribution in [2.45, 2.75) is 62.9 Å². The summed E-state index contributed by atoms with van der Waals surface area (Å²) in [5.74, 6) is 0.347. The number of rotatable bonds is 6. The van der Waals surface area contributed by atoms with E-state index in [1.165, 1.54) is 34.7 Å². The molecule has 30 heavy (non-hydrogen) atoms. The van der Waals surface area contributed by atoms with Gasteiger partial charge in [0.25, 0.3) is 0 Å². The van der Waals surface area contributed by atoms with Crippen molar-refractivity contribution in [2.24, 2.45) is 11.7 Å². The second-order valence-electron chi connectivity index (χ2n) is 8.57. The topological polar surface area (TPSA) is 91.0 Å². The molecule has 4 heterocycles. The molecule has 4 rings (SSSR count). The van der Waals surface area contributed by atoms with Crippen LogP contribution in [0.15, 0.2) is 10.2 Å². The summed E-state index contributed by atoms with van der Waals surface area (Å²) in [6.45, 7) is 9.27. The third kappa shape index (κ3) is 4.17. The van der Waals surface area contributed by atoms with E-state index < -0.39 is 0 Å². The maximum absolute atomic E-state index is 11.4. The van der Waals surface area contributed by atoms with Crippen LogP contribution in [0, 0.1) is 5.92 Å². The molecule has 0 spiro atoms. The Labute approximate surface area is 188 Å². The van der Waals surface area contributed by atoms with Gasteiger partial charge in [-0.1, -0.05) is 37.4 Å². The van der Waals surface area contributed by atoms with E-state index in [-0.39, 0.29) is 17.3 Å². The Morgan fingerprint density at radius 2 is 2.03 bits per heavy atom. The summed E-state index contributed by atoms with van der Waals surface area (Å²) in [5, 5.41) is 2.62. The van der Waals surface area contributed by atoms with Crippen molar-refractivity contribution in [1.82, 2.24) is 15.0 Å². The molecule has 0 saturated carbocycles. The summed E-state index contributed by atoms with van der Waals surface area (Å²) in [6.07, 6.45) is 3.70. The van der Waals surface area contributed by atoms with E-state index >= 15 is 0 Å². The Kier molecular flexibility index (Phi) is 6.00. The summed E-state index contributed by atoms with van der Waals surface area (Å²) < 4.78 is 7.14. The van der Waals surface area contributed by atoms with Crippen LogP contribution < -0.4 is 5.73 Å². The average Bonchev–Trinajstić information content (AvgIpc) is 3.03. The zero-order valence-electron chi connectivity index (χ0n) is 17.9. The van der Waals surface area contributed by atoms with Crippen LogP contribution in [0.1, 0.15) is 44.5 Å². The molecule has 1 aliphatic heterocycles. The van der Waals surface area contributed by atoms with Crippen LogP contribution in [-0.2, 0) is 29.0 Å². The van der Waals surface area contributed by atoms with Crippen molar-refractivity contribution in [3.63, 3.8) is 0 Å². The van der Waals surface area contributed by atoms with Crippen molar-refractivity contribution in [2.75, 3.05) is 12.0 Å². The fourth-order valence-electron chi connectivity index (χ4n) is 3.78. The molecular weight excluding hydrogens is 436 g/mol. The predicted molar refractivity (Wildman–Crippen MR) is 126 cm³/mol. The van der Waals surface area contributed by atoms with Gasteiger partial charge in [-0.25, -0.2) is 15.0 Å². The van der Waals surface area contributed by atoms with E-state index in [4.69, 9.17) is 20.4 Å². The minimum absolute atomic E-state index is 0.194. The van der Waals surface area contributed by atoms with Crippen molar-refractivity contribution < 1.29 is 9.53 Å². The van der Waals surface area contributed by atoms with E-state index in [1.54, 1.807) is 11.3 Å². The Morgan fingerprint density at radius 3 is 2.70 bits per heavy atom. The zero-order valence-corrected chi connectivity index (χ0v) is 20.3. The Balaban J connectivity index is 2.02.